The molecule has 1 atom stereocenters. The van der Waals surface area contributed by atoms with E-state index in [2.05, 4.69) is 57.3 Å². The van der Waals surface area contributed by atoms with Gasteiger partial charge in [-0.3, -0.25) is 0 Å². The van der Waals surface area contributed by atoms with Crippen LogP contribution in [0.1, 0.15) is 40.2 Å². The molecular weight excluding hydrogens is 254 g/mol. The summed E-state index contributed by atoms with van der Waals surface area (Å²) in [6.07, 6.45) is 0. The molecule has 108 valence electrons. The first kappa shape index (κ1) is 16.5. The highest BCUT2D eigenvalue weighted by molar-refractivity contribution is 7.99. The van der Waals surface area contributed by atoms with E-state index in [0.29, 0.717) is 6.04 Å². The van der Waals surface area contributed by atoms with Crippen molar-refractivity contribution < 1.29 is 5.11 Å². The van der Waals surface area contributed by atoms with Crippen molar-refractivity contribution >= 4 is 11.8 Å². The van der Waals surface area contributed by atoms with E-state index < -0.39 is 5.60 Å². The molecule has 1 aromatic rings. The zero-order valence-electron chi connectivity index (χ0n) is 12.7. The summed E-state index contributed by atoms with van der Waals surface area (Å²) in [5.41, 5.74) is 0.691. The van der Waals surface area contributed by atoms with Gasteiger partial charge in [0.25, 0.3) is 0 Å². The Balaban J connectivity index is 2.48. The molecule has 1 unspecified atom stereocenters. The topological polar surface area (TPSA) is 32.3 Å². The maximum atomic E-state index is 10.2. The Morgan fingerprint density at radius 3 is 2.21 bits per heavy atom. The van der Waals surface area contributed by atoms with Gasteiger partial charge in [0.05, 0.1) is 5.60 Å². The summed E-state index contributed by atoms with van der Waals surface area (Å²) in [4.78, 5) is 1.22. The van der Waals surface area contributed by atoms with Gasteiger partial charge in [-0.05, 0) is 30.5 Å². The van der Waals surface area contributed by atoms with Gasteiger partial charge < -0.3 is 10.4 Å². The van der Waals surface area contributed by atoms with E-state index in [0.717, 1.165) is 12.3 Å². The molecule has 1 rings (SSSR count). The number of hydrogen-bond acceptors (Lipinski definition) is 3. The van der Waals surface area contributed by atoms with E-state index in [-0.39, 0.29) is 5.92 Å². The van der Waals surface area contributed by atoms with Gasteiger partial charge in [0, 0.05) is 23.2 Å². The molecule has 0 saturated heterocycles. The molecule has 0 aromatic heterocycles. The van der Waals surface area contributed by atoms with Crippen LogP contribution in [0.5, 0.6) is 0 Å². The van der Waals surface area contributed by atoms with Gasteiger partial charge in [-0.25, -0.2) is 0 Å². The summed E-state index contributed by atoms with van der Waals surface area (Å²) in [6.45, 7) is 11.2. The van der Waals surface area contributed by atoms with Gasteiger partial charge in [0.15, 0.2) is 0 Å². The predicted octanol–water partition coefficient (Wildman–Crippen LogP) is 3.68. The molecule has 0 aliphatic rings. The first-order valence-corrected chi connectivity index (χ1v) is 7.97. The summed E-state index contributed by atoms with van der Waals surface area (Å²) in [7, 11) is 0. The Bertz CT molecular complexity index is 371. The second-order valence-corrected chi connectivity index (χ2v) is 7.03. The Morgan fingerprint density at radius 2 is 1.74 bits per heavy atom. The van der Waals surface area contributed by atoms with E-state index in [4.69, 9.17) is 0 Å². The van der Waals surface area contributed by atoms with Crippen molar-refractivity contribution in [1.29, 1.82) is 0 Å². The maximum absolute atomic E-state index is 10.2. The molecule has 2 N–H and O–H groups in total. The molecule has 0 bridgehead atoms. The summed E-state index contributed by atoms with van der Waals surface area (Å²) in [6, 6.07) is 9.09. The summed E-state index contributed by atoms with van der Waals surface area (Å²) in [5, 5.41) is 13.6. The van der Waals surface area contributed by atoms with Gasteiger partial charge >= 0.3 is 0 Å². The molecule has 1 aromatic carbocycles. The van der Waals surface area contributed by atoms with Crippen LogP contribution in [0, 0.1) is 5.92 Å². The monoisotopic (exact) mass is 281 g/mol. The van der Waals surface area contributed by atoms with E-state index in [1.54, 1.807) is 11.8 Å². The Morgan fingerprint density at radius 1 is 1.16 bits per heavy atom. The number of thioether (sulfide) groups is 1. The quantitative estimate of drug-likeness (QED) is 0.748. The van der Waals surface area contributed by atoms with Gasteiger partial charge in [-0.2, -0.15) is 0 Å². The fourth-order valence-corrected chi connectivity index (χ4v) is 2.54. The molecule has 0 aliphatic heterocycles. The Kier molecular flexibility index (Phi) is 6.37. The molecule has 0 fully saturated rings. The van der Waals surface area contributed by atoms with Crippen LogP contribution < -0.4 is 5.32 Å². The molecule has 3 heteroatoms. The van der Waals surface area contributed by atoms with Crippen molar-refractivity contribution in [1.82, 2.24) is 5.32 Å². The molecule has 0 saturated carbocycles. The predicted molar refractivity (Wildman–Crippen MR) is 84.6 cm³/mol. The highest BCUT2D eigenvalue weighted by Crippen LogP contribution is 2.27. The van der Waals surface area contributed by atoms with Crippen LogP contribution >= 0.6 is 11.8 Å². The smallest absolute Gasteiger partial charge is 0.0736 e. The van der Waals surface area contributed by atoms with Crippen LogP contribution in [0.25, 0.3) is 0 Å². The zero-order chi connectivity index (χ0) is 14.5. The summed E-state index contributed by atoms with van der Waals surface area (Å²) in [5.74, 6) is 1.00. The lowest BCUT2D eigenvalue weighted by molar-refractivity contribution is 0.0376. The largest absolute Gasteiger partial charge is 0.389 e. The standard InChI is InChI=1S/C16H27NOS/c1-12(2)16(5,18)11-19-15-8-6-14(7-9-15)10-17-13(3)4/h6-9,12-13,17-18H,10-11H2,1-5H3. The molecule has 2 nitrogen and oxygen atoms in total. The van der Waals surface area contributed by atoms with Crippen LogP contribution in [0.3, 0.4) is 0 Å². The van der Waals surface area contributed by atoms with Crippen molar-refractivity contribution in [2.75, 3.05) is 5.75 Å². The summed E-state index contributed by atoms with van der Waals surface area (Å²) < 4.78 is 0. The summed E-state index contributed by atoms with van der Waals surface area (Å²) >= 11 is 1.72. The highest BCUT2D eigenvalue weighted by Gasteiger charge is 2.24. The van der Waals surface area contributed by atoms with Crippen molar-refractivity contribution in [2.24, 2.45) is 5.92 Å². The maximum Gasteiger partial charge on any atom is 0.0736 e. The minimum absolute atomic E-state index is 0.273. The number of aliphatic hydroxyl groups is 1. The Labute approximate surface area is 122 Å². The third-order valence-electron chi connectivity index (χ3n) is 3.41. The number of nitrogens with one attached hydrogen (secondary N) is 1. The molecule has 19 heavy (non-hydrogen) atoms. The van der Waals surface area contributed by atoms with Gasteiger partial charge in [0.2, 0.25) is 0 Å². The fraction of sp³-hybridized carbons (Fsp3) is 0.625. The van der Waals surface area contributed by atoms with Crippen LogP contribution in [-0.4, -0.2) is 22.5 Å². The number of rotatable bonds is 7. The van der Waals surface area contributed by atoms with E-state index in [1.807, 2.05) is 6.92 Å². The van der Waals surface area contributed by atoms with Crippen LogP contribution in [0.4, 0.5) is 0 Å². The average molecular weight is 281 g/mol. The molecule has 0 heterocycles. The second-order valence-electron chi connectivity index (χ2n) is 5.98. The molecular formula is C16H27NOS. The third kappa shape index (κ3) is 5.98. The number of benzene rings is 1. The molecule has 0 radical (unpaired) electrons. The molecule has 0 spiro atoms. The van der Waals surface area contributed by atoms with Crippen molar-refractivity contribution in [3.8, 4) is 0 Å². The molecule has 0 aliphatic carbocycles. The third-order valence-corrected chi connectivity index (χ3v) is 4.75. The first-order chi connectivity index (χ1) is 8.81. The minimum Gasteiger partial charge on any atom is -0.389 e. The molecule has 0 amide bonds. The Hall–Kier alpha value is -0.510. The lowest BCUT2D eigenvalue weighted by Gasteiger charge is -2.27. The van der Waals surface area contributed by atoms with Crippen molar-refractivity contribution in [3.63, 3.8) is 0 Å². The van der Waals surface area contributed by atoms with Gasteiger partial charge in [0.1, 0.15) is 0 Å². The number of hydrogen-bond donors (Lipinski definition) is 2. The van der Waals surface area contributed by atoms with Crippen LogP contribution in [0.15, 0.2) is 29.2 Å². The fourth-order valence-electron chi connectivity index (χ4n) is 1.42. The second kappa shape index (κ2) is 7.32. The van der Waals surface area contributed by atoms with Crippen LogP contribution in [0.2, 0.25) is 0 Å². The lowest BCUT2D eigenvalue weighted by Crippen LogP contribution is -2.33. The average Bonchev–Trinajstić information content (AvgIpc) is 2.35. The zero-order valence-corrected chi connectivity index (χ0v) is 13.6. The first-order valence-electron chi connectivity index (χ1n) is 6.99. The van der Waals surface area contributed by atoms with Gasteiger partial charge in [-0.1, -0.05) is 39.8 Å². The normalized spacial score (nSPS) is 14.9. The van der Waals surface area contributed by atoms with E-state index >= 15 is 0 Å². The minimum atomic E-state index is -0.609. The van der Waals surface area contributed by atoms with Crippen molar-refractivity contribution in [3.05, 3.63) is 29.8 Å². The van der Waals surface area contributed by atoms with E-state index in [1.165, 1.54) is 10.5 Å². The highest BCUT2D eigenvalue weighted by atomic mass is 32.2. The van der Waals surface area contributed by atoms with Crippen LogP contribution in [-0.2, 0) is 6.54 Å². The van der Waals surface area contributed by atoms with E-state index in [9.17, 15) is 5.11 Å². The van der Waals surface area contributed by atoms with Gasteiger partial charge in [-0.15, -0.1) is 11.8 Å². The lowest BCUT2D eigenvalue weighted by atomic mass is 9.95. The SMILES string of the molecule is CC(C)NCc1ccc(SCC(C)(O)C(C)C)cc1. The van der Waals surface area contributed by atoms with Crippen molar-refractivity contribution in [2.45, 2.75) is 57.7 Å².